The van der Waals surface area contributed by atoms with Gasteiger partial charge in [0.2, 0.25) is 0 Å². The second kappa shape index (κ2) is 8.76. The van der Waals surface area contributed by atoms with E-state index in [0.29, 0.717) is 6.04 Å². The average Bonchev–Trinajstić information content (AvgIpc) is 2.56. The molecule has 1 atom stereocenters. The largest absolute Gasteiger partial charge is 0.396 e. The van der Waals surface area contributed by atoms with Gasteiger partial charge in [-0.25, -0.2) is 0 Å². The number of pyridine rings is 1. The molecule has 0 bridgehead atoms. The van der Waals surface area contributed by atoms with Crippen LogP contribution in [0.5, 0.6) is 0 Å². The topological polar surface area (TPSA) is 39.6 Å². The average molecular weight is 354 g/mol. The Labute approximate surface area is 157 Å². The molecule has 26 heavy (non-hydrogen) atoms. The summed E-state index contributed by atoms with van der Waals surface area (Å²) in [5, 5.41) is 9.53. The van der Waals surface area contributed by atoms with E-state index >= 15 is 0 Å². The highest BCUT2D eigenvalue weighted by molar-refractivity contribution is 5.28. The van der Waals surface area contributed by atoms with Crippen LogP contribution in [0.1, 0.15) is 34.5 Å². The van der Waals surface area contributed by atoms with Gasteiger partial charge in [-0.1, -0.05) is 35.4 Å². The number of nitrogens with zero attached hydrogens (tertiary/aromatic N) is 3. The van der Waals surface area contributed by atoms with Crippen molar-refractivity contribution in [3.8, 4) is 0 Å². The summed E-state index contributed by atoms with van der Waals surface area (Å²) in [7, 11) is 0. The second-order valence-electron chi connectivity index (χ2n) is 7.64. The Bertz CT molecular complexity index is 711. The molecule has 0 spiro atoms. The molecule has 3 rings (SSSR count). The smallest absolute Gasteiger partial charge is 0.0547 e. The highest BCUT2D eigenvalue weighted by atomic mass is 16.3. The quantitative estimate of drug-likeness (QED) is 0.866. The minimum atomic E-state index is 0.236. The summed E-state index contributed by atoms with van der Waals surface area (Å²) >= 11 is 0. The molecular weight excluding hydrogens is 322 g/mol. The second-order valence-corrected chi connectivity index (χ2v) is 7.64. The van der Waals surface area contributed by atoms with Crippen molar-refractivity contribution < 1.29 is 5.11 Å². The molecule has 140 valence electrons. The molecule has 0 aliphatic carbocycles. The van der Waals surface area contributed by atoms with Gasteiger partial charge >= 0.3 is 0 Å². The third-order valence-electron chi connectivity index (χ3n) is 5.15. The highest BCUT2D eigenvalue weighted by Gasteiger charge is 2.27. The van der Waals surface area contributed by atoms with E-state index in [2.05, 4.69) is 59.0 Å². The van der Waals surface area contributed by atoms with Crippen LogP contribution in [0.25, 0.3) is 0 Å². The van der Waals surface area contributed by atoms with Gasteiger partial charge in [0.15, 0.2) is 0 Å². The maximum absolute atomic E-state index is 9.53. The SMILES string of the molecule is Cc1cc(C)cc(CN2CCN(Cc3cccc(C)n3)[C@H](CCO)C2)c1. The van der Waals surface area contributed by atoms with Crippen molar-refractivity contribution in [2.75, 3.05) is 26.2 Å². The van der Waals surface area contributed by atoms with Gasteiger partial charge in [0, 0.05) is 51.1 Å². The lowest BCUT2D eigenvalue weighted by Gasteiger charge is -2.41. The zero-order valence-electron chi connectivity index (χ0n) is 16.3. The molecule has 0 unspecified atom stereocenters. The number of aliphatic hydroxyl groups excluding tert-OH is 1. The predicted molar refractivity (Wildman–Crippen MR) is 106 cm³/mol. The number of hydrogen-bond acceptors (Lipinski definition) is 4. The Morgan fingerprint density at radius 3 is 2.50 bits per heavy atom. The molecule has 4 nitrogen and oxygen atoms in total. The molecule has 1 aliphatic heterocycles. The monoisotopic (exact) mass is 353 g/mol. The predicted octanol–water partition coefficient (Wildman–Crippen LogP) is 3.08. The molecule has 1 fully saturated rings. The van der Waals surface area contributed by atoms with Crippen molar-refractivity contribution in [3.05, 3.63) is 64.5 Å². The minimum absolute atomic E-state index is 0.236. The van der Waals surface area contributed by atoms with Crippen LogP contribution in [0.4, 0.5) is 0 Å². The number of piperazine rings is 1. The van der Waals surface area contributed by atoms with E-state index in [-0.39, 0.29) is 6.61 Å². The van der Waals surface area contributed by atoms with Gasteiger partial charge < -0.3 is 5.11 Å². The Kier molecular flexibility index (Phi) is 6.41. The van der Waals surface area contributed by atoms with Crippen molar-refractivity contribution in [1.82, 2.24) is 14.8 Å². The molecule has 4 heteroatoms. The summed E-state index contributed by atoms with van der Waals surface area (Å²) in [6.45, 7) is 11.5. The normalized spacial score (nSPS) is 19.0. The van der Waals surface area contributed by atoms with Crippen molar-refractivity contribution in [3.63, 3.8) is 0 Å². The van der Waals surface area contributed by atoms with Crippen LogP contribution in [0.3, 0.4) is 0 Å². The van der Waals surface area contributed by atoms with Gasteiger partial charge in [-0.2, -0.15) is 0 Å². The fourth-order valence-corrected chi connectivity index (χ4v) is 4.05. The maximum Gasteiger partial charge on any atom is 0.0547 e. The van der Waals surface area contributed by atoms with E-state index in [4.69, 9.17) is 0 Å². The van der Waals surface area contributed by atoms with E-state index in [1.165, 1.54) is 16.7 Å². The van der Waals surface area contributed by atoms with Gasteiger partial charge in [-0.3, -0.25) is 14.8 Å². The number of benzene rings is 1. The number of rotatable bonds is 6. The Morgan fingerprint density at radius 1 is 1.04 bits per heavy atom. The van der Waals surface area contributed by atoms with Crippen LogP contribution in [0, 0.1) is 20.8 Å². The molecule has 1 aromatic carbocycles. The van der Waals surface area contributed by atoms with Crippen molar-refractivity contribution >= 4 is 0 Å². The van der Waals surface area contributed by atoms with Crippen LogP contribution >= 0.6 is 0 Å². The first-order chi connectivity index (χ1) is 12.5. The lowest BCUT2D eigenvalue weighted by atomic mass is 10.0. The van der Waals surface area contributed by atoms with Crippen LogP contribution < -0.4 is 0 Å². The van der Waals surface area contributed by atoms with E-state index in [9.17, 15) is 5.11 Å². The Morgan fingerprint density at radius 2 is 1.81 bits per heavy atom. The van der Waals surface area contributed by atoms with Gasteiger partial charge in [0.1, 0.15) is 0 Å². The molecule has 1 aromatic heterocycles. The molecule has 1 saturated heterocycles. The standard InChI is InChI=1S/C22H31N3O/c1-17-11-18(2)13-20(12-17)14-24-8-9-25(22(16-24)7-10-26)15-21-6-4-5-19(3)23-21/h4-6,11-13,22,26H,7-10,14-16H2,1-3H3/t22-/m1/s1. The molecule has 0 amide bonds. The van der Waals surface area contributed by atoms with E-state index in [0.717, 1.165) is 50.5 Å². The van der Waals surface area contributed by atoms with Gasteiger partial charge in [-0.05, 0) is 44.9 Å². The minimum Gasteiger partial charge on any atom is -0.396 e. The molecule has 2 aromatic rings. The molecule has 0 saturated carbocycles. The van der Waals surface area contributed by atoms with Gasteiger partial charge in [0.05, 0.1) is 5.69 Å². The maximum atomic E-state index is 9.53. The fourth-order valence-electron chi connectivity index (χ4n) is 4.05. The molecule has 1 N–H and O–H groups in total. The van der Waals surface area contributed by atoms with Crippen molar-refractivity contribution in [2.45, 2.75) is 46.3 Å². The third kappa shape index (κ3) is 5.13. The van der Waals surface area contributed by atoms with Gasteiger partial charge in [0.25, 0.3) is 0 Å². The molecule has 2 heterocycles. The third-order valence-corrected chi connectivity index (χ3v) is 5.15. The number of hydrogen-bond donors (Lipinski definition) is 1. The van der Waals surface area contributed by atoms with E-state index in [1.54, 1.807) is 0 Å². The zero-order valence-corrected chi connectivity index (χ0v) is 16.3. The summed E-state index contributed by atoms with van der Waals surface area (Å²) in [5.41, 5.74) is 6.23. The number of aryl methyl sites for hydroxylation is 3. The first kappa shape index (κ1) is 19.0. The summed E-state index contributed by atoms with van der Waals surface area (Å²) in [5.74, 6) is 0. The van der Waals surface area contributed by atoms with E-state index < -0.39 is 0 Å². The summed E-state index contributed by atoms with van der Waals surface area (Å²) in [6, 6.07) is 13.4. The molecular formula is C22H31N3O. The summed E-state index contributed by atoms with van der Waals surface area (Å²) < 4.78 is 0. The van der Waals surface area contributed by atoms with Crippen LogP contribution in [0.15, 0.2) is 36.4 Å². The fraction of sp³-hybridized carbons (Fsp3) is 0.500. The number of aromatic nitrogens is 1. The van der Waals surface area contributed by atoms with Gasteiger partial charge in [-0.15, -0.1) is 0 Å². The highest BCUT2D eigenvalue weighted by Crippen LogP contribution is 2.19. The molecule has 0 radical (unpaired) electrons. The first-order valence-electron chi connectivity index (χ1n) is 9.60. The van der Waals surface area contributed by atoms with Crippen LogP contribution in [0.2, 0.25) is 0 Å². The first-order valence-corrected chi connectivity index (χ1v) is 9.60. The van der Waals surface area contributed by atoms with Crippen molar-refractivity contribution in [2.24, 2.45) is 0 Å². The summed E-state index contributed by atoms with van der Waals surface area (Å²) in [4.78, 5) is 9.65. The summed E-state index contributed by atoms with van der Waals surface area (Å²) in [6.07, 6.45) is 0.815. The lowest BCUT2D eigenvalue weighted by Crippen LogP contribution is -2.52. The van der Waals surface area contributed by atoms with Crippen LogP contribution in [-0.4, -0.2) is 52.2 Å². The zero-order chi connectivity index (χ0) is 18.5. The Balaban J connectivity index is 1.65. The van der Waals surface area contributed by atoms with E-state index in [1.807, 2.05) is 13.0 Å². The Hall–Kier alpha value is -1.75. The number of aliphatic hydroxyl groups is 1. The molecule has 1 aliphatic rings. The lowest BCUT2D eigenvalue weighted by molar-refractivity contribution is 0.0491. The van der Waals surface area contributed by atoms with Crippen LogP contribution in [-0.2, 0) is 13.1 Å². The van der Waals surface area contributed by atoms with Crippen molar-refractivity contribution in [1.29, 1.82) is 0 Å².